The number of aromatic nitrogens is 4. The van der Waals surface area contributed by atoms with Gasteiger partial charge in [-0.05, 0) is 5.56 Å². The first kappa shape index (κ1) is 12.2. The highest BCUT2D eigenvalue weighted by molar-refractivity contribution is 5.69. The van der Waals surface area contributed by atoms with Crippen molar-refractivity contribution in [2.24, 2.45) is 0 Å². The number of hydrogen-bond donors (Lipinski definition) is 2. The zero-order chi connectivity index (χ0) is 13.8. The van der Waals surface area contributed by atoms with Gasteiger partial charge in [-0.15, -0.1) is 0 Å². The van der Waals surface area contributed by atoms with Gasteiger partial charge in [0.25, 0.3) is 0 Å². The highest BCUT2D eigenvalue weighted by atomic mass is 15.1. The topological polar surface area (TPSA) is 81.6 Å². The normalized spacial score (nSPS) is 10.4. The van der Waals surface area contributed by atoms with Gasteiger partial charge < -0.3 is 11.1 Å². The molecule has 6 heteroatoms. The van der Waals surface area contributed by atoms with Crippen LogP contribution in [-0.2, 0) is 6.54 Å². The molecule has 3 N–H and O–H groups in total. The summed E-state index contributed by atoms with van der Waals surface area (Å²) in [4.78, 5) is 12.4. The van der Waals surface area contributed by atoms with E-state index in [1.54, 1.807) is 23.3 Å². The molecule has 0 aliphatic rings. The molecule has 0 spiro atoms. The van der Waals surface area contributed by atoms with Crippen molar-refractivity contribution in [3.63, 3.8) is 0 Å². The summed E-state index contributed by atoms with van der Waals surface area (Å²) in [6.07, 6.45) is 6.61. The predicted molar refractivity (Wildman–Crippen MR) is 77.3 cm³/mol. The Labute approximate surface area is 116 Å². The van der Waals surface area contributed by atoms with Crippen LogP contribution in [0.2, 0.25) is 0 Å². The number of nitrogens with two attached hydrogens (primary N) is 1. The lowest BCUT2D eigenvalue weighted by molar-refractivity contribution is 0.970. The van der Waals surface area contributed by atoms with Gasteiger partial charge in [0, 0.05) is 18.9 Å². The van der Waals surface area contributed by atoms with Crippen molar-refractivity contribution in [1.29, 1.82) is 0 Å². The zero-order valence-electron chi connectivity index (χ0n) is 10.8. The molecule has 3 aromatic rings. The molecule has 0 radical (unpaired) electrons. The van der Waals surface area contributed by atoms with E-state index in [4.69, 9.17) is 5.73 Å². The summed E-state index contributed by atoms with van der Waals surface area (Å²) in [5, 5.41) is 3.22. The van der Waals surface area contributed by atoms with E-state index in [0.717, 1.165) is 5.56 Å². The lowest BCUT2D eigenvalue weighted by Gasteiger charge is -2.11. The number of imidazole rings is 1. The predicted octanol–water partition coefficient (Wildman–Crippen LogP) is 1.86. The van der Waals surface area contributed by atoms with E-state index < -0.39 is 0 Å². The first-order chi connectivity index (χ1) is 9.84. The fourth-order valence-corrected chi connectivity index (χ4v) is 1.90. The van der Waals surface area contributed by atoms with Crippen molar-refractivity contribution >= 4 is 11.5 Å². The second-order valence-corrected chi connectivity index (χ2v) is 4.27. The summed E-state index contributed by atoms with van der Waals surface area (Å²) >= 11 is 0. The number of hydrogen-bond acceptors (Lipinski definition) is 5. The molecular formula is C14H14N6. The third-order valence-corrected chi connectivity index (χ3v) is 2.91. The molecule has 0 atom stereocenters. The second kappa shape index (κ2) is 5.40. The van der Waals surface area contributed by atoms with Gasteiger partial charge in [0.05, 0.1) is 0 Å². The van der Waals surface area contributed by atoms with Crippen LogP contribution in [0, 0.1) is 0 Å². The third kappa shape index (κ3) is 2.44. The quantitative estimate of drug-likeness (QED) is 0.753. The van der Waals surface area contributed by atoms with Gasteiger partial charge in [0.15, 0.2) is 11.6 Å². The molecule has 6 nitrogen and oxygen atoms in total. The summed E-state index contributed by atoms with van der Waals surface area (Å²) in [6, 6.07) is 10.1. The summed E-state index contributed by atoms with van der Waals surface area (Å²) in [5.41, 5.74) is 7.77. The SMILES string of the molecule is Nc1c(NCc2ccccc2)ncnc1-n1ccnc1. The Morgan fingerprint density at radius 2 is 2.00 bits per heavy atom. The van der Waals surface area contributed by atoms with Crippen LogP contribution in [0.1, 0.15) is 5.56 Å². The van der Waals surface area contributed by atoms with E-state index in [9.17, 15) is 0 Å². The molecule has 2 aromatic heterocycles. The van der Waals surface area contributed by atoms with E-state index in [2.05, 4.69) is 20.3 Å². The van der Waals surface area contributed by atoms with Crippen LogP contribution in [0.5, 0.6) is 0 Å². The number of benzene rings is 1. The van der Waals surface area contributed by atoms with E-state index in [1.807, 2.05) is 30.3 Å². The standard InChI is InChI=1S/C14H14N6/c15-12-13(17-8-11-4-2-1-3-5-11)18-9-19-14(12)20-7-6-16-10-20/h1-7,9-10H,8,15H2,(H,17,18,19). The van der Waals surface area contributed by atoms with Gasteiger partial charge in [0.2, 0.25) is 0 Å². The Morgan fingerprint density at radius 3 is 2.75 bits per heavy atom. The molecule has 2 heterocycles. The molecular weight excluding hydrogens is 252 g/mol. The Kier molecular flexibility index (Phi) is 3.28. The van der Waals surface area contributed by atoms with Crippen molar-refractivity contribution in [2.75, 3.05) is 11.1 Å². The van der Waals surface area contributed by atoms with Crippen molar-refractivity contribution < 1.29 is 0 Å². The molecule has 0 fully saturated rings. The Hall–Kier alpha value is -2.89. The summed E-state index contributed by atoms with van der Waals surface area (Å²) in [5.74, 6) is 1.24. The van der Waals surface area contributed by atoms with Crippen molar-refractivity contribution in [3.05, 3.63) is 60.9 Å². The molecule has 0 saturated carbocycles. The molecule has 0 amide bonds. The highest BCUT2D eigenvalue weighted by Crippen LogP contribution is 2.21. The molecule has 0 aliphatic carbocycles. The van der Waals surface area contributed by atoms with E-state index in [1.165, 1.54) is 6.33 Å². The minimum atomic E-state index is 0.501. The lowest BCUT2D eigenvalue weighted by Crippen LogP contribution is -2.09. The van der Waals surface area contributed by atoms with Crippen molar-refractivity contribution in [3.8, 4) is 5.82 Å². The van der Waals surface area contributed by atoms with Crippen LogP contribution < -0.4 is 11.1 Å². The Morgan fingerprint density at radius 1 is 1.15 bits per heavy atom. The third-order valence-electron chi connectivity index (χ3n) is 2.91. The second-order valence-electron chi connectivity index (χ2n) is 4.27. The summed E-state index contributed by atoms with van der Waals surface area (Å²) in [7, 11) is 0. The number of nitrogens with one attached hydrogen (secondary N) is 1. The summed E-state index contributed by atoms with van der Waals surface area (Å²) < 4.78 is 1.75. The van der Waals surface area contributed by atoms with Crippen LogP contribution in [0.3, 0.4) is 0 Å². The first-order valence-corrected chi connectivity index (χ1v) is 6.21. The highest BCUT2D eigenvalue weighted by Gasteiger charge is 2.09. The molecule has 3 rings (SSSR count). The van der Waals surface area contributed by atoms with Gasteiger partial charge in [-0.1, -0.05) is 30.3 Å². The first-order valence-electron chi connectivity index (χ1n) is 6.21. The van der Waals surface area contributed by atoms with Gasteiger partial charge in [-0.25, -0.2) is 15.0 Å². The monoisotopic (exact) mass is 266 g/mol. The maximum atomic E-state index is 6.10. The van der Waals surface area contributed by atoms with E-state index in [0.29, 0.717) is 23.9 Å². The number of nitrogens with zero attached hydrogens (tertiary/aromatic N) is 4. The zero-order valence-corrected chi connectivity index (χ0v) is 10.8. The molecule has 0 bridgehead atoms. The lowest BCUT2D eigenvalue weighted by atomic mass is 10.2. The van der Waals surface area contributed by atoms with Crippen LogP contribution in [0.25, 0.3) is 5.82 Å². The maximum absolute atomic E-state index is 6.10. The maximum Gasteiger partial charge on any atom is 0.166 e. The van der Waals surface area contributed by atoms with Crippen LogP contribution in [-0.4, -0.2) is 19.5 Å². The van der Waals surface area contributed by atoms with Gasteiger partial charge in [0.1, 0.15) is 18.3 Å². The minimum Gasteiger partial charge on any atom is -0.393 e. The average molecular weight is 266 g/mol. The fourth-order valence-electron chi connectivity index (χ4n) is 1.90. The van der Waals surface area contributed by atoms with Gasteiger partial charge >= 0.3 is 0 Å². The van der Waals surface area contributed by atoms with E-state index in [-0.39, 0.29) is 0 Å². The van der Waals surface area contributed by atoms with Gasteiger partial charge in [-0.3, -0.25) is 4.57 Å². The number of anilines is 2. The van der Waals surface area contributed by atoms with Gasteiger partial charge in [-0.2, -0.15) is 0 Å². The smallest absolute Gasteiger partial charge is 0.166 e. The number of rotatable bonds is 4. The average Bonchev–Trinajstić information content (AvgIpc) is 3.01. The molecule has 0 saturated heterocycles. The fraction of sp³-hybridized carbons (Fsp3) is 0.0714. The van der Waals surface area contributed by atoms with Crippen molar-refractivity contribution in [2.45, 2.75) is 6.54 Å². The molecule has 100 valence electrons. The van der Waals surface area contributed by atoms with Crippen LogP contribution in [0.15, 0.2) is 55.4 Å². The largest absolute Gasteiger partial charge is 0.393 e. The van der Waals surface area contributed by atoms with E-state index >= 15 is 0 Å². The number of nitrogen functional groups attached to an aromatic ring is 1. The Bertz CT molecular complexity index is 678. The molecule has 0 unspecified atom stereocenters. The molecule has 20 heavy (non-hydrogen) atoms. The minimum absolute atomic E-state index is 0.501. The molecule has 0 aliphatic heterocycles. The van der Waals surface area contributed by atoms with Crippen LogP contribution >= 0.6 is 0 Å². The summed E-state index contributed by atoms with van der Waals surface area (Å²) in [6.45, 7) is 0.658. The molecule has 1 aromatic carbocycles. The Balaban J connectivity index is 1.82. The van der Waals surface area contributed by atoms with Crippen LogP contribution in [0.4, 0.5) is 11.5 Å². The van der Waals surface area contributed by atoms with Crippen molar-refractivity contribution in [1.82, 2.24) is 19.5 Å².